The highest BCUT2D eigenvalue weighted by Gasteiger charge is 2.44. The molecule has 0 aromatic carbocycles. The Kier molecular flexibility index (Phi) is 4.28. The molecule has 2 unspecified atom stereocenters. The maximum absolute atomic E-state index is 11.8. The molecule has 2 fully saturated rings. The molecule has 2 atom stereocenters. The van der Waals surface area contributed by atoms with E-state index in [9.17, 15) is 4.79 Å². The maximum atomic E-state index is 11.8. The van der Waals surface area contributed by atoms with Gasteiger partial charge in [-0.05, 0) is 51.5 Å². The summed E-state index contributed by atoms with van der Waals surface area (Å²) in [6.07, 6.45) is 7.52. The van der Waals surface area contributed by atoms with Crippen molar-refractivity contribution >= 4 is 5.97 Å². The molecule has 0 radical (unpaired) electrons. The van der Waals surface area contributed by atoms with Crippen molar-refractivity contribution < 1.29 is 9.53 Å². The molecule has 2 N–H and O–H groups in total. The molecule has 0 aliphatic heterocycles. The molecule has 2 aliphatic rings. The van der Waals surface area contributed by atoms with Crippen LogP contribution >= 0.6 is 0 Å². The van der Waals surface area contributed by atoms with Gasteiger partial charge < -0.3 is 10.5 Å². The van der Waals surface area contributed by atoms with E-state index in [1.165, 1.54) is 32.8 Å². The number of hydrogen-bond donors (Lipinski definition) is 1. The molecule has 4 nitrogen and oxygen atoms in total. The second kappa shape index (κ2) is 5.57. The molecule has 18 heavy (non-hydrogen) atoms. The van der Waals surface area contributed by atoms with E-state index in [2.05, 4.69) is 11.8 Å². The average molecular weight is 254 g/mol. The Hall–Kier alpha value is -0.610. The molecule has 0 aromatic heterocycles. The van der Waals surface area contributed by atoms with Gasteiger partial charge in [0.05, 0.1) is 7.11 Å². The van der Waals surface area contributed by atoms with Crippen molar-refractivity contribution in [2.75, 3.05) is 13.7 Å². The highest BCUT2D eigenvalue weighted by atomic mass is 16.5. The van der Waals surface area contributed by atoms with Gasteiger partial charge in [0.25, 0.3) is 0 Å². The summed E-state index contributed by atoms with van der Waals surface area (Å²) in [5.41, 5.74) is 5.51. The van der Waals surface area contributed by atoms with E-state index in [0.29, 0.717) is 6.04 Å². The van der Waals surface area contributed by atoms with Crippen molar-refractivity contribution in [1.29, 1.82) is 0 Å². The van der Waals surface area contributed by atoms with Gasteiger partial charge in [-0.15, -0.1) is 0 Å². The molecule has 2 saturated carbocycles. The standard InChI is InChI=1S/C14H26N2O2/c1-3-9-16(11-6-7-11)12-5-4-8-14(15,10-12)13(17)18-2/h11-12H,3-10,15H2,1-2H3. The van der Waals surface area contributed by atoms with E-state index < -0.39 is 5.54 Å². The van der Waals surface area contributed by atoms with Gasteiger partial charge in [-0.2, -0.15) is 0 Å². The molecule has 0 spiro atoms. The summed E-state index contributed by atoms with van der Waals surface area (Å²) in [7, 11) is 1.44. The first kappa shape index (κ1) is 13.8. The zero-order chi connectivity index (χ0) is 13.2. The normalized spacial score (nSPS) is 32.6. The average Bonchev–Trinajstić information content (AvgIpc) is 3.19. The van der Waals surface area contributed by atoms with Crippen LogP contribution in [-0.2, 0) is 9.53 Å². The highest BCUT2D eigenvalue weighted by molar-refractivity contribution is 5.80. The fourth-order valence-electron chi connectivity index (χ4n) is 3.28. The van der Waals surface area contributed by atoms with E-state index in [1.54, 1.807) is 0 Å². The van der Waals surface area contributed by atoms with E-state index in [-0.39, 0.29) is 5.97 Å². The SMILES string of the molecule is CCCN(C1CC1)C1CCCC(N)(C(=O)OC)C1. The lowest BCUT2D eigenvalue weighted by Gasteiger charge is -2.41. The maximum Gasteiger partial charge on any atom is 0.325 e. The van der Waals surface area contributed by atoms with Crippen LogP contribution in [-0.4, -0.2) is 42.1 Å². The Bertz CT molecular complexity index is 304. The van der Waals surface area contributed by atoms with E-state index in [1.807, 2.05) is 0 Å². The van der Waals surface area contributed by atoms with Crippen LogP contribution in [0.3, 0.4) is 0 Å². The molecular weight excluding hydrogens is 228 g/mol. The number of carbonyl (C=O) groups excluding carboxylic acids is 1. The smallest absolute Gasteiger partial charge is 0.325 e. The highest BCUT2D eigenvalue weighted by Crippen LogP contribution is 2.36. The van der Waals surface area contributed by atoms with Gasteiger partial charge in [0.1, 0.15) is 5.54 Å². The van der Waals surface area contributed by atoms with Crippen LogP contribution in [0, 0.1) is 0 Å². The number of hydrogen-bond acceptors (Lipinski definition) is 4. The van der Waals surface area contributed by atoms with Gasteiger partial charge in [-0.3, -0.25) is 9.69 Å². The summed E-state index contributed by atoms with van der Waals surface area (Å²) in [5.74, 6) is -0.237. The van der Waals surface area contributed by atoms with Crippen molar-refractivity contribution in [2.45, 2.75) is 69.5 Å². The van der Waals surface area contributed by atoms with E-state index in [4.69, 9.17) is 10.5 Å². The monoisotopic (exact) mass is 254 g/mol. The van der Waals surface area contributed by atoms with Gasteiger partial charge in [-0.25, -0.2) is 0 Å². The predicted octanol–water partition coefficient (Wildman–Crippen LogP) is 1.67. The van der Waals surface area contributed by atoms with Crippen LogP contribution in [0.5, 0.6) is 0 Å². The molecule has 0 saturated heterocycles. The molecule has 0 amide bonds. The van der Waals surface area contributed by atoms with Gasteiger partial charge >= 0.3 is 5.97 Å². The number of rotatable bonds is 5. The Morgan fingerprint density at radius 3 is 2.67 bits per heavy atom. The molecular formula is C14H26N2O2. The zero-order valence-corrected chi connectivity index (χ0v) is 11.7. The molecule has 0 heterocycles. The fraction of sp³-hybridized carbons (Fsp3) is 0.929. The van der Waals surface area contributed by atoms with Crippen molar-refractivity contribution in [1.82, 2.24) is 4.90 Å². The first-order valence-electron chi connectivity index (χ1n) is 7.24. The minimum absolute atomic E-state index is 0.237. The molecule has 0 aromatic rings. The molecule has 104 valence electrons. The Balaban J connectivity index is 2.02. The quantitative estimate of drug-likeness (QED) is 0.758. The Morgan fingerprint density at radius 1 is 1.39 bits per heavy atom. The molecule has 4 heteroatoms. The van der Waals surface area contributed by atoms with Gasteiger partial charge in [0.2, 0.25) is 0 Å². The lowest BCUT2D eigenvalue weighted by atomic mass is 9.79. The Morgan fingerprint density at radius 2 is 2.11 bits per heavy atom. The third-order valence-corrected chi connectivity index (χ3v) is 4.32. The lowest BCUT2D eigenvalue weighted by Crippen LogP contribution is -2.56. The van der Waals surface area contributed by atoms with E-state index in [0.717, 1.165) is 31.8 Å². The van der Waals surface area contributed by atoms with Crippen LogP contribution in [0.4, 0.5) is 0 Å². The van der Waals surface area contributed by atoms with Crippen LogP contribution in [0.25, 0.3) is 0 Å². The van der Waals surface area contributed by atoms with Crippen LogP contribution in [0.2, 0.25) is 0 Å². The lowest BCUT2D eigenvalue weighted by molar-refractivity contribution is -0.149. The Labute approximate surface area is 110 Å². The number of nitrogens with zero attached hydrogens (tertiary/aromatic N) is 1. The number of nitrogens with two attached hydrogens (primary N) is 1. The molecule has 0 bridgehead atoms. The van der Waals surface area contributed by atoms with Gasteiger partial charge in [-0.1, -0.05) is 6.92 Å². The minimum Gasteiger partial charge on any atom is -0.468 e. The molecule has 2 rings (SSSR count). The van der Waals surface area contributed by atoms with Gasteiger partial charge in [0, 0.05) is 12.1 Å². The topological polar surface area (TPSA) is 55.6 Å². The largest absolute Gasteiger partial charge is 0.468 e. The van der Waals surface area contributed by atoms with Crippen LogP contribution in [0.1, 0.15) is 51.9 Å². The minimum atomic E-state index is -0.751. The third kappa shape index (κ3) is 2.86. The number of methoxy groups -OCH3 is 1. The first-order chi connectivity index (χ1) is 8.60. The number of esters is 1. The van der Waals surface area contributed by atoms with Crippen molar-refractivity contribution in [3.8, 4) is 0 Å². The summed E-state index contributed by atoms with van der Waals surface area (Å²) in [4.78, 5) is 14.4. The zero-order valence-electron chi connectivity index (χ0n) is 11.7. The third-order valence-electron chi connectivity index (χ3n) is 4.32. The fourth-order valence-corrected chi connectivity index (χ4v) is 3.28. The van der Waals surface area contributed by atoms with Crippen molar-refractivity contribution in [3.63, 3.8) is 0 Å². The van der Waals surface area contributed by atoms with Gasteiger partial charge in [0.15, 0.2) is 0 Å². The first-order valence-corrected chi connectivity index (χ1v) is 7.24. The van der Waals surface area contributed by atoms with E-state index >= 15 is 0 Å². The van der Waals surface area contributed by atoms with Crippen molar-refractivity contribution in [2.24, 2.45) is 5.73 Å². The van der Waals surface area contributed by atoms with Crippen LogP contribution in [0.15, 0.2) is 0 Å². The van der Waals surface area contributed by atoms with Crippen molar-refractivity contribution in [3.05, 3.63) is 0 Å². The summed E-state index contributed by atoms with van der Waals surface area (Å²) >= 11 is 0. The summed E-state index contributed by atoms with van der Waals surface area (Å²) < 4.78 is 4.87. The summed E-state index contributed by atoms with van der Waals surface area (Å²) in [6.45, 7) is 3.35. The second-order valence-corrected chi connectivity index (χ2v) is 5.87. The second-order valence-electron chi connectivity index (χ2n) is 5.87. The predicted molar refractivity (Wildman–Crippen MR) is 71.2 cm³/mol. The number of ether oxygens (including phenoxy) is 1. The number of carbonyl (C=O) groups is 1. The molecule has 2 aliphatic carbocycles. The van der Waals surface area contributed by atoms with Crippen LogP contribution < -0.4 is 5.73 Å². The summed E-state index contributed by atoms with van der Waals surface area (Å²) in [5, 5.41) is 0. The summed E-state index contributed by atoms with van der Waals surface area (Å²) in [6, 6.07) is 1.21.